The average Bonchev–Trinajstić information content (AvgIpc) is 3.29. The van der Waals surface area contributed by atoms with Crippen molar-refractivity contribution in [3.05, 3.63) is 65.4 Å². The molecule has 1 amide bonds. The van der Waals surface area contributed by atoms with Crippen LogP contribution in [-0.2, 0) is 16.8 Å². The molecule has 2 aromatic carbocycles. The fraction of sp³-hybridized carbons (Fsp3) is 0.263. The number of aromatic nitrogens is 2. The Labute approximate surface area is 145 Å². The minimum absolute atomic E-state index is 0.00598. The fourth-order valence-electron chi connectivity index (χ4n) is 3.15. The van der Waals surface area contributed by atoms with Crippen LogP contribution in [0.15, 0.2) is 54.9 Å². The highest BCUT2D eigenvalue weighted by Gasteiger charge is 2.44. The molecule has 1 saturated carbocycles. The largest absolute Gasteiger partial charge is 0.354 e. The number of amides is 1. The first-order valence-electron chi connectivity index (χ1n) is 8.09. The van der Waals surface area contributed by atoms with Crippen molar-refractivity contribution in [1.82, 2.24) is 14.9 Å². The summed E-state index contributed by atoms with van der Waals surface area (Å²) in [6.07, 6.45) is 3.89. The lowest BCUT2D eigenvalue weighted by Crippen LogP contribution is -2.34. The van der Waals surface area contributed by atoms with Crippen molar-refractivity contribution in [2.45, 2.75) is 24.8 Å². The molecular weight excluding hydrogens is 322 g/mol. The van der Waals surface area contributed by atoms with E-state index in [4.69, 9.17) is 11.6 Å². The topological polar surface area (TPSA) is 46.9 Å². The van der Waals surface area contributed by atoms with E-state index in [2.05, 4.69) is 16.4 Å². The van der Waals surface area contributed by atoms with Gasteiger partial charge in [0.15, 0.2) is 0 Å². The second-order valence-electron chi connectivity index (χ2n) is 6.43. The quantitative estimate of drug-likeness (QED) is 0.773. The third kappa shape index (κ3) is 2.89. The van der Waals surface area contributed by atoms with Crippen LogP contribution >= 0.6 is 11.6 Å². The number of hydrogen-bond acceptors (Lipinski definition) is 2. The Bertz CT molecular complexity index is 898. The van der Waals surface area contributed by atoms with Crippen LogP contribution in [0.5, 0.6) is 0 Å². The van der Waals surface area contributed by atoms with Gasteiger partial charge in [0.05, 0.1) is 17.4 Å². The van der Waals surface area contributed by atoms with Crippen LogP contribution in [0.1, 0.15) is 18.4 Å². The number of imidazole rings is 1. The maximum absolute atomic E-state index is 12.3. The number of benzene rings is 2. The molecule has 1 aliphatic carbocycles. The lowest BCUT2D eigenvalue weighted by Gasteiger charge is -2.17. The first-order valence-corrected chi connectivity index (χ1v) is 8.47. The van der Waals surface area contributed by atoms with Crippen molar-refractivity contribution >= 4 is 28.5 Å². The molecule has 1 fully saturated rings. The number of halogens is 1. The number of nitrogens with zero attached hydrogens (tertiary/aromatic N) is 2. The van der Waals surface area contributed by atoms with Gasteiger partial charge < -0.3 is 9.88 Å². The number of carbonyl (C=O) groups excluding carboxylic acids is 1. The molecule has 3 aromatic rings. The zero-order valence-electron chi connectivity index (χ0n) is 13.2. The molecule has 1 aliphatic rings. The van der Waals surface area contributed by atoms with Gasteiger partial charge in [-0.1, -0.05) is 35.9 Å². The fourth-order valence-corrected chi connectivity index (χ4v) is 3.34. The van der Waals surface area contributed by atoms with Gasteiger partial charge in [-0.2, -0.15) is 0 Å². The summed E-state index contributed by atoms with van der Waals surface area (Å²) in [7, 11) is 0. The van der Waals surface area contributed by atoms with Crippen LogP contribution in [0.4, 0.5) is 0 Å². The minimum atomic E-state index is 0.00598. The molecule has 5 heteroatoms. The number of para-hydroxylation sites is 2. The van der Waals surface area contributed by atoms with E-state index in [1.807, 2.05) is 47.0 Å². The number of fused-ring (bicyclic) bond motifs is 1. The standard InChI is InChI=1S/C19H18ClN3O/c20-15-5-3-4-14(10-15)19(8-9-19)12-21-18(24)11-23-13-22-16-6-1-2-7-17(16)23/h1-7,10,13H,8-9,11-12H2,(H,21,24). The number of rotatable bonds is 5. The molecule has 1 heterocycles. The van der Waals surface area contributed by atoms with E-state index in [1.54, 1.807) is 6.33 Å². The van der Waals surface area contributed by atoms with E-state index < -0.39 is 0 Å². The van der Waals surface area contributed by atoms with E-state index in [1.165, 1.54) is 5.56 Å². The molecule has 0 spiro atoms. The van der Waals surface area contributed by atoms with E-state index >= 15 is 0 Å². The Balaban J connectivity index is 1.42. The summed E-state index contributed by atoms with van der Waals surface area (Å²) in [5.41, 5.74) is 3.15. The molecule has 0 atom stereocenters. The molecule has 1 aromatic heterocycles. The normalized spacial score (nSPS) is 15.4. The summed E-state index contributed by atoms with van der Waals surface area (Å²) in [5.74, 6) is 0.00598. The van der Waals surface area contributed by atoms with Crippen molar-refractivity contribution < 1.29 is 4.79 Å². The van der Waals surface area contributed by atoms with Gasteiger partial charge in [-0.25, -0.2) is 4.98 Å². The summed E-state index contributed by atoms with van der Waals surface area (Å²) in [4.78, 5) is 16.7. The van der Waals surface area contributed by atoms with Crippen molar-refractivity contribution in [3.8, 4) is 0 Å². The van der Waals surface area contributed by atoms with Gasteiger partial charge in [0.2, 0.25) is 5.91 Å². The molecular formula is C19H18ClN3O. The number of hydrogen-bond donors (Lipinski definition) is 1. The molecule has 122 valence electrons. The van der Waals surface area contributed by atoms with Gasteiger partial charge in [0, 0.05) is 17.0 Å². The molecule has 0 saturated heterocycles. The van der Waals surface area contributed by atoms with Crippen LogP contribution in [0.25, 0.3) is 11.0 Å². The zero-order chi connectivity index (χ0) is 16.6. The second kappa shape index (κ2) is 5.95. The molecule has 0 aliphatic heterocycles. The molecule has 1 N–H and O–H groups in total. The van der Waals surface area contributed by atoms with Gasteiger partial charge in [-0.3, -0.25) is 4.79 Å². The lowest BCUT2D eigenvalue weighted by molar-refractivity contribution is -0.121. The summed E-state index contributed by atoms with van der Waals surface area (Å²) in [6, 6.07) is 15.8. The zero-order valence-corrected chi connectivity index (χ0v) is 14.0. The van der Waals surface area contributed by atoms with Crippen molar-refractivity contribution in [2.24, 2.45) is 0 Å². The lowest BCUT2D eigenvalue weighted by atomic mass is 9.96. The van der Waals surface area contributed by atoms with Crippen molar-refractivity contribution in [2.75, 3.05) is 6.54 Å². The minimum Gasteiger partial charge on any atom is -0.354 e. The first-order chi connectivity index (χ1) is 11.7. The van der Waals surface area contributed by atoms with E-state index in [-0.39, 0.29) is 17.9 Å². The highest BCUT2D eigenvalue weighted by molar-refractivity contribution is 6.30. The van der Waals surface area contributed by atoms with Gasteiger partial charge in [0.25, 0.3) is 0 Å². The van der Waals surface area contributed by atoms with Crippen LogP contribution in [0.2, 0.25) is 5.02 Å². The molecule has 0 unspecified atom stereocenters. The molecule has 4 nitrogen and oxygen atoms in total. The van der Waals surface area contributed by atoms with Crippen LogP contribution in [0.3, 0.4) is 0 Å². The number of nitrogens with one attached hydrogen (secondary N) is 1. The van der Waals surface area contributed by atoms with Crippen molar-refractivity contribution in [1.29, 1.82) is 0 Å². The highest BCUT2D eigenvalue weighted by Crippen LogP contribution is 2.48. The van der Waals surface area contributed by atoms with E-state index in [0.717, 1.165) is 28.9 Å². The van der Waals surface area contributed by atoms with Crippen LogP contribution < -0.4 is 5.32 Å². The Morgan fingerprint density at radius 3 is 2.83 bits per heavy atom. The van der Waals surface area contributed by atoms with E-state index in [0.29, 0.717) is 6.54 Å². The van der Waals surface area contributed by atoms with Gasteiger partial charge in [-0.15, -0.1) is 0 Å². The monoisotopic (exact) mass is 339 g/mol. The predicted octanol–water partition coefficient (Wildman–Crippen LogP) is 3.54. The summed E-state index contributed by atoms with van der Waals surface area (Å²) < 4.78 is 1.88. The molecule has 24 heavy (non-hydrogen) atoms. The van der Waals surface area contributed by atoms with Crippen LogP contribution in [0, 0.1) is 0 Å². The molecule has 4 rings (SSSR count). The van der Waals surface area contributed by atoms with E-state index in [9.17, 15) is 4.79 Å². The highest BCUT2D eigenvalue weighted by atomic mass is 35.5. The van der Waals surface area contributed by atoms with Gasteiger partial charge in [-0.05, 0) is 42.7 Å². The SMILES string of the molecule is O=C(Cn1cnc2ccccc21)NCC1(c2cccc(Cl)c2)CC1. The third-order valence-electron chi connectivity index (χ3n) is 4.76. The van der Waals surface area contributed by atoms with Crippen molar-refractivity contribution in [3.63, 3.8) is 0 Å². The van der Waals surface area contributed by atoms with Gasteiger partial charge >= 0.3 is 0 Å². The molecule has 0 bridgehead atoms. The maximum Gasteiger partial charge on any atom is 0.240 e. The number of carbonyl (C=O) groups is 1. The summed E-state index contributed by atoms with van der Waals surface area (Å²) >= 11 is 6.09. The average molecular weight is 340 g/mol. The predicted molar refractivity (Wildman–Crippen MR) is 95.1 cm³/mol. The van der Waals surface area contributed by atoms with Gasteiger partial charge in [0.1, 0.15) is 6.54 Å². The summed E-state index contributed by atoms with van der Waals surface area (Å²) in [6.45, 7) is 0.935. The Morgan fingerprint density at radius 1 is 1.21 bits per heavy atom. The summed E-state index contributed by atoms with van der Waals surface area (Å²) in [5, 5.41) is 3.82. The smallest absolute Gasteiger partial charge is 0.240 e. The second-order valence-corrected chi connectivity index (χ2v) is 6.87. The van der Waals surface area contributed by atoms with Crippen LogP contribution in [-0.4, -0.2) is 22.0 Å². The Kier molecular flexibility index (Phi) is 3.77. The third-order valence-corrected chi connectivity index (χ3v) is 4.99. The maximum atomic E-state index is 12.3. The Morgan fingerprint density at radius 2 is 2.04 bits per heavy atom. The first kappa shape index (κ1) is 15.2. The molecule has 0 radical (unpaired) electrons. The Hall–Kier alpha value is -2.33.